The molecule has 0 fully saturated rings. The molecule has 0 aromatic heterocycles. The summed E-state index contributed by atoms with van der Waals surface area (Å²) >= 11 is 13.2. The van der Waals surface area contributed by atoms with Crippen LogP contribution in [0.1, 0.15) is 14.6 Å². The number of carboxylic acids is 1. The molecule has 0 radical (unpaired) electrons. The van der Waals surface area contributed by atoms with Gasteiger partial charge in [-0.25, -0.2) is 4.79 Å². The summed E-state index contributed by atoms with van der Waals surface area (Å²) in [4.78, 5) is 24.3. The number of rotatable bonds is 2. The van der Waals surface area contributed by atoms with Crippen molar-refractivity contribution in [1.82, 2.24) is 0 Å². The maximum Gasteiger partial charge on any atom is 1.00 e. The molecule has 0 spiro atoms. The first-order chi connectivity index (χ1) is 13.7. The molecule has 1 aliphatic carbocycles. The summed E-state index contributed by atoms with van der Waals surface area (Å²) in [5.41, 5.74) is 1.61. The molecule has 32 heavy (non-hydrogen) atoms. The number of fused-ring (bicyclic) bond motifs is 2. The van der Waals surface area contributed by atoms with Crippen LogP contribution in [0.3, 0.4) is 0 Å². The second-order valence-corrected chi connectivity index (χ2v) is 9.40. The fourth-order valence-electron chi connectivity index (χ4n) is 3.17. The first-order valence-electron chi connectivity index (χ1n) is 8.00. The molecule has 0 saturated carbocycles. The topological polar surface area (TPSA) is 87.7 Å². The first kappa shape index (κ1) is 31.4. The van der Waals surface area contributed by atoms with Crippen molar-refractivity contribution in [2.75, 3.05) is 0 Å². The van der Waals surface area contributed by atoms with Crippen LogP contribution < -0.4 is 94.1 Å². The van der Waals surface area contributed by atoms with Gasteiger partial charge in [0.15, 0.2) is 11.3 Å². The second kappa shape index (κ2) is 12.5. The van der Waals surface area contributed by atoms with Crippen LogP contribution in [0.5, 0.6) is 5.75 Å². The predicted molar refractivity (Wildman–Crippen MR) is 127 cm³/mol. The Balaban J connectivity index is -0.00000171. The van der Waals surface area contributed by atoms with Gasteiger partial charge < -0.3 is 18.9 Å². The van der Waals surface area contributed by atoms with Crippen molar-refractivity contribution >= 4 is 80.7 Å². The summed E-state index contributed by atoms with van der Waals surface area (Å²) in [7, 11) is 0. The van der Waals surface area contributed by atoms with Gasteiger partial charge in [0.25, 0.3) is 0 Å². The monoisotopic (exact) mass is 716 g/mol. The SMILES string of the molecule is O=C(O)c1ccccc1-c1c2cc(Br)c(=O)c(Br)c-2oc2c(Br)c(O)c(Br)cc12.[H-].[H-].[H-].[Na+].[Na+].[Na+]. The third-order valence-corrected chi connectivity index (χ3v) is 7.10. The molecule has 0 amide bonds. The number of aromatic hydroxyl groups is 1. The van der Waals surface area contributed by atoms with Crippen molar-refractivity contribution in [3.05, 3.63) is 70.1 Å². The van der Waals surface area contributed by atoms with Gasteiger partial charge in [0.1, 0.15) is 14.7 Å². The number of hydrogen-bond donors (Lipinski definition) is 2. The van der Waals surface area contributed by atoms with E-state index in [1.165, 1.54) is 6.07 Å². The molecule has 0 bridgehead atoms. The Kier molecular flexibility index (Phi) is 12.3. The zero-order valence-electron chi connectivity index (χ0n) is 20.1. The number of aromatic carboxylic acids is 1. The zero-order chi connectivity index (χ0) is 21.0. The van der Waals surface area contributed by atoms with Gasteiger partial charge in [-0.1, -0.05) is 18.2 Å². The molecule has 2 N–H and O–H groups in total. The number of carbonyl (C=O) groups is 1. The standard InChI is InChI=1S/C20H8Br4O5.3Na.3H/c21-11-5-9-13(7-3-1-2-4-8(7)20(27)28)10-6-12(22)17(26)15(24)19(10)29-18(9)14(23)16(11)25;;;;;;/h1-6,25H,(H,27,28);;;;;;/q;3*+1;3*-1. The van der Waals surface area contributed by atoms with Gasteiger partial charge in [0.05, 0.1) is 14.5 Å². The zero-order valence-corrected chi connectivity index (χ0v) is 29.4. The van der Waals surface area contributed by atoms with Gasteiger partial charge in [0.2, 0.25) is 5.43 Å². The van der Waals surface area contributed by atoms with Crippen LogP contribution in [0.2, 0.25) is 0 Å². The Morgan fingerprint density at radius 3 is 2.16 bits per heavy atom. The molecule has 12 heteroatoms. The van der Waals surface area contributed by atoms with Crippen LogP contribution in [0.4, 0.5) is 0 Å². The number of phenolic OH excluding ortho intramolecular Hbond substituents is 1. The third kappa shape index (κ3) is 5.51. The van der Waals surface area contributed by atoms with E-state index in [-0.39, 0.29) is 130 Å². The maximum atomic E-state index is 12.4. The average Bonchev–Trinajstić information content (AvgIpc) is 2.69. The van der Waals surface area contributed by atoms with Gasteiger partial charge in [-0.3, -0.25) is 4.79 Å². The molecule has 0 unspecified atom stereocenters. The summed E-state index contributed by atoms with van der Waals surface area (Å²) in [5.74, 6) is -0.921. The summed E-state index contributed by atoms with van der Waals surface area (Å²) < 4.78 is 7.17. The molecule has 1 heterocycles. The Hall–Kier alpha value is 1.32. The molecular formula is C20H11Br4Na3O5. The first-order valence-corrected chi connectivity index (χ1v) is 11.2. The van der Waals surface area contributed by atoms with E-state index in [4.69, 9.17) is 4.42 Å². The summed E-state index contributed by atoms with van der Waals surface area (Å²) in [6, 6.07) is 9.84. The minimum Gasteiger partial charge on any atom is -1.00 e. The van der Waals surface area contributed by atoms with E-state index in [1.807, 2.05) is 0 Å². The van der Waals surface area contributed by atoms with Crippen LogP contribution >= 0.6 is 63.7 Å². The number of benzene rings is 3. The van der Waals surface area contributed by atoms with Crippen LogP contribution in [-0.4, -0.2) is 16.2 Å². The van der Waals surface area contributed by atoms with Crippen molar-refractivity contribution in [1.29, 1.82) is 0 Å². The second-order valence-electron chi connectivity index (χ2n) is 6.10. The largest absolute Gasteiger partial charge is 1.00 e. The van der Waals surface area contributed by atoms with Gasteiger partial charge in [-0.05, 0) is 87.5 Å². The van der Waals surface area contributed by atoms with Crippen LogP contribution in [-0.2, 0) is 0 Å². The van der Waals surface area contributed by atoms with E-state index >= 15 is 0 Å². The van der Waals surface area contributed by atoms with Crippen molar-refractivity contribution in [2.45, 2.75) is 0 Å². The van der Waals surface area contributed by atoms with Crippen molar-refractivity contribution in [3.8, 4) is 28.2 Å². The van der Waals surface area contributed by atoms with Crippen LogP contribution in [0.25, 0.3) is 33.4 Å². The average molecular weight is 720 g/mol. The van der Waals surface area contributed by atoms with E-state index in [9.17, 15) is 19.8 Å². The molecule has 2 aliphatic rings. The van der Waals surface area contributed by atoms with Gasteiger partial charge in [-0.15, -0.1) is 0 Å². The van der Waals surface area contributed by atoms with Crippen molar-refractivity contribution in [3.63, 3.8) is 0 Å². The molecule has 0 atom stereocenters. The molecule has 5 nitrogen and oxygen atoms in total. The quantitative estimate of drug-likeness (QED) is 0.192. The molecule has 2 aromatic rings. The summed E-state index contributed by atoms with van der Waals surface area (Å²) in [6.07, 6.45) is 0. The smallest absolute Gasteiger partial charge is 1.00 e. The van der Waals surface area contributed by atoms with E-state index in [1.54, 1.807) is 30.3 Å². The van der Waals surface area contributed by atoms with E-state index in [2.05, 4.69) is 63.7 Å². The molecule has 0 saturated heterocycles. The molecule has 1 aliphatic heterocycles. The maximum absolute atomic E-state index is 12.4. The van der Waals surface area contributed by atoms with Crippen LogP contribution in [0.15, 0.2) is 63.5 Å². The molecule has 2 aromatic carbocycles. The van der Waals surface area contributed by atoms with Gasteiger partial charge >= 0.3 is 94.6 Å². The summed E-state index contributed by atoms with van der Waals surface area (Å²) in [6.45, 7) is 0. The number of hydrogen-bond acceptors (Lipinski definition) is 4. The van der Waals surface area contributed by atoms with Gasteiger partial charge in [-0.2, -0.15) is 0 Å². The minimum atomic E-state index is -1.09. The van der Waals surface area contributed by atoms with Crippen molar-refractivity contribution < 1.29 is 112 Å². The third-order valence-electron chi connectivity index (χ3n) is 4.45. The Bertz CT molecular complexity index is 1390. The summed E-state index contributed by atoms with van der Waals surface area (Å²) in [5, 5.41) is 20.6. The van der Waals surface area contributed by atoms with Crippen molar-refractivity contribution in [2.24, 2.45) is 0 Å². The number of halogens is 4. The Morgan fingerprint density at radius 2 is 1.53 bits per heavy atom. The fraction of sp³-hybridized carbons (Fsp3) is 0. The fourth-order valence-corrected chi connectivity index (χ4v) is 5.57. The van der Waals surface area contributed by atoms with E-state index in [0.29, 0.717) is 31.0 Å². The van der Waals surface area contributed by atoms with E-state index in [0.717, 1.165) is 0 Å². The molecule has 152 valence electrons. The normalized spacial score (nSPS) is 10.2. The molecular weight excluding hydrogens is 709 g/mol. The van der Waals surface area contributed by atoms with Crippen LogP contribution in [0, 0.1) is 0 Å². The predicted octanol–water partition coefficient (Wildman–Crippen LogP) is -1.63. The molecule has 4 rings (SSSR count). The van der Waals surface area contributed by atoms with E-state index < -0.39 is 5.97 Å². The Morgan fingerprint density at radius 1 is 0.906 bits per heavy atom. The van der Waals surface area contributed by atoms with Gasteiger partial charge in [0, 0.05) is 16.5 Å². The minimum absolute atomic E-state index is 0. The number of phenols is 1. The Labute approximate surface area is 286 Å². The number of carboxylic acid groups (broad SMARTS) is 1.